The Morgan fingerprint density at radius 1 is 0.952 bits per heavy atom. The molecule has 0 aromatic heterocycles. The van der Waals surface area contributed by atoms with Crippen molar-refractivity contribution in [1.29, 1.82) is 0 Å². The van der Waals surface area contributed by atoms with Gasteiger partial charge in [-0.05, 0) is 24.3 Å². The summed E-state index contributed by atoms with van der Waals surface area (Å²) in [4.78, 5) is 0. The monoisotopic (exact) mass is 326 g/mol. The second kappa shape index (κ2) is 5.48. The molecular weight excluding hydrogens is 322 g/mol. The van der Waals surface area contributed by atoms with Gasteiger partial charge in [0.15, 0.2) is 29.0 Å². The van der Waals surface area contributed by atoms with Crippen LogP contribution in [0, 0.1) is 17.5 Å². The molecule has 0 saturated carbocycles. The van der Waals surface area contributed by atoms with Crippen molar-refractivity contribution in [3.63, 3.8) is 0 Å². The van der Waals surface area contributed by atoms with Gasteiger partial charge in [0, 0.05) is 0 Å². The van der Waals surface area contributed by atoms with Crippen LogP contribution in [-0.2, 0) is 6.18 Å². The molecule has 0 N–H and O–H groups in total. The second-order valence-corrected chi connectivity index (χ2v) is 4.33. The van der Waals surface area contributed by atoms with E-state index in [4.69, 9.17) is 11.6 Å². The second-order valence-electron chi connectivity index (χ2n) is 3.92. The topological polar surface area (TPSA) is 9.23 Å². The van der Waals surface area contributed by atoms with E-state index in [9.17, 15) is 26.3 Å². The van der Waals surface area contributed by atoms with Crippen LogP contribution in [0.25, 0.3) is 0 Å². The lowest BCUT2D eigenvalue weighted by Crippen LogP contribution is -2.07. The molecule has 2 rings (SSSR count). The Hall–Kier alpha value is -1.89. The van der Waals surface area contributed by atoms with Gasteiger partial charge in [-0.15, -0.1) is 0 Å². The summed E-state index contributed by atoms with van der Waals surface area (Å²) < 4.78 is 82.4. The summed E-state index contributed by atoms with van der Waals surface area (Å²) in [6.07, 6.45) is -4.92. The van der Waals surface area contributed by atoms with E-state index in [0.717, 1.165) is 6.07 Å². The molecule has 21 heavy (non-hydrogen) atoms. The van der Waals surface area contributed by atoms with Crippen LogP contribution in [0.15, 0.2) is 30.3 Å². The lowest BCUT2D eigenvalue weighted by Gasteiger charge is -2.12. The highest BCUT2D eigenvalue weighted by Crippen LogP contribution is 2.36. The molecule has 0 amide bonds. The quantitative estimate of drug-likeness (QED) is 0.656. The van der Waals surface area contributed by atoms with Gasteiger partial charge in [-0.1, -0.05) is 17.7 Å². The molecule has 112 valence electrons. The first-order valence-corrected chi connectivity index (χ1v) is 5.76. The number of rotatable bonds is 2. The Kier molecular flexibility index (Phi) is 4.04. The summed E-state index contributed by atoms with van der Waals surface area (Å²) in [5, 5.41) is -0.361. The van der Waals surface area contributed by atoms with E-state index in [-0.39, 0.29) is 17.2 Å². The fourth-order valence-corrected chi connectivity index (χ4v) is 1.66. The molecule has 0 radical (unpaired) electrons. The Labute approximate surface area is 119 Å². The van der Waals surface area contributed by atoms with Crippen LogP contribution >= 0.6 is 11.6 Å². The van der Waals surface area contributed by atoms with Crippen molar-refractivity contribution in [1.82, 2.24) is 0 Å². The molecule has 0 fully saturated rings. The third-order valence-electron chi connectivity index (χ3n) is 2.45. The van der Waals surface area contributed by atoms with Crippen molar-refractivity contribution in [2.75, 3.05) is 0 Å². The molecule has 1 nitrogen and oxygen atoms in total. The van der Waals surface area contributed by atoms with Gasteiger partial charge in [0.2, 0.25) is 0 Å². The van der Waals surface area contributed by atoms with E-state index in [0.29, 0.717) is 0 Å². The van der Waals surface area contributed by atoms with Crippen molar-refractivity contribution in [2.24, 2.45) is 0 Å². The maximum atomic E-state index is 13.5. The zero-order valence-electron chi connectivity index (χ0n) is 9.94. The van der Waals surface area contributed by atoms with Crippen molar-refractivity contribution in [2.45, 2.75) is 6.18 Å². The minimum Gasteiger partial charge on any atom is -0.448 e. The predicted octanol–water partition coefficient (Wildman–Crippen LogP) is 5.57. The highest BCUT2D eigenvalue weighted by Gasteiger charge is 2.33. The van der Waals surface area contributed by atoms with Crippen molar-refractivity contribution in [3.8, 4) is 11.5 Å². The Balaban J connectivity index is 2.44. The third kappa shape index (κ3) is 3.24. The van der Waals surface area contributed by atoms with E-state index in [2.05, 4.69) is 4.74 Å². The summed E-state index contributed by atoms with van der Waals surface area (Å²) in [5.74, 6) is -6.06. The van der Waals surface area contributed by atoms with E-state index in [1.165, 1.54) is 12.1 Å². The Bertz CT molecular complexity index is 660. The molecule has 0 spiro atoms. The molecule has 0 unspecified atom stereocenters. The average Bonchev–Trinajstić information content (AvgIpc) is 2.37. The fourth-order valence-electron chi connectivity index (χ4n) is 1.49. The molecule has 0 aliphatic rings. The highest BCUT2D eigenvalue weighted by molar-refractivity contribution is 6.30. The fraction of sp³-hybridized carbons (Fsp3) is 0.0769. The first-order valence-electron chi connectivity index (χ1n) is 5.38. The summed E-state index contributed by atoms with van der Waals surface area (Å²) >= 11 is 5.45. The number of hydrogen-bond donors (Lipinski definition) is 0. The molecule has 0 bridgehead atoms. The molecule has 0 aliphatic carbocycles. The minimum atomic E-state index is -4.92. The van der Waals surface area contributed by atoms with Gasteiger partial charge in [-0.2, -0.15) is 13.2 Å². The maximum absolute atomic E-state index is 13.5. The van der Waals surface area contributed by atoms with Gasteiger partial charge in [-0.3, -0.25) is 0 Å². The Morgan fingerprint density at radius 2 is 1.52 bits per heavy atom. The number of ether oxygens (including phenoxy) is 1. The van der Waals surface area contributed by atoms with Gasteiger partial charge in [0.05, 0.1) is 10.6 Å². The Morgan fingerprint density at radius 3 is 2.05 bits per heavy atom. The summed E-state index contributed by atoms with van der Waals surface area (Å²) in [6.45, 7) is 0. The van der Waals surface area contributed by atoms with E-state index < -0.39 is 40.7 Å². The van der Waals surface area contributed by atoms with Crippen LogP contribution in [-0.4, -0.2) is 0 Å². The van der Waals surface area contributed by atoms with Gasteiger partial charge < -0.3 is 4.74 Å². The van der Waals surface area contributed by atoms with Crippen LogP contribution in [0.4, 0.5) is 26.3 Å². The lowest BCUT2D eigenvalue weighted by atomic mass is 10.2. The zero-order chi connectivity index (χ0) is 15.8. The van der Waals surface area contributed by atoms with Gasteiger partial charge in [0.1, 0.15) is 0 Å². The first kappa shape index (κ1) is 15.5. The van der Waals surface area contributed by atoms with Crippen molar-refractivity contribution in [3.05, 3.63) is 58.4 Å². The summed E-state index contributed by atoms with van der Waals surface area (Å²) in [5.41, 5.74) is -1.52. The van der Waals surface area contributed by atoms with Gasteiger partial charge in [0.25, 0.3) is 0 Å². The smallest absolute Gasteiger partial charge is 0.416 e. The molecule has 0 atom stereocenters. The maximum Gasteiger partial charge on any atom is 0.416 e. The predicted molar refractivity (Wildman–Crippen MR) is 62.8 cm³/mol. The molecular formula is C13H5ClF6O. The molecule has 0 heterocycles. The number of benzene rings is 2. The van der Waals surface area contributed by atoms with Gasteiger partial charge >= 0.3 is 6.18 Å². The summed E-state index contributed by atoms with van der Waals surface area (Å²) in [6, 6.07) is 3.56. The third-order valence-corrected chi connectivity index (χ3v) is 2.75. The SMILES string of the molecule is Fc1cc(C(F)(F)F)cc(F)c1Oc1cccc(Cl)c1F. The first-order chi connectivity index (χ1) is 9.70. The minimum absolute atomic E-state index is 0.0564. The largest absolute Gasteiger partial charge is 0.448 e. The van der Waals surface area contributed by atoms with Crippen LogP contribution in [0.1, 0.15) is 5.56 Å². The van der Waals surface area contributed by atoms with E-state index in [1.54, 1.807) is 0 Å². The van der Waals surface area contributed by atoms with Crippen LogP contribution in [0.3, 0.4) is 0 Å². The van der Waals surface area contributed by atoms with Crippen molar-refractivity contribution < 1.29 is 31.1 Å². The van der Waals surface area contributed by atoms with Crippen LogP contribution < -0.4 is 4.74 Å². The molecule has 2 aromatic rings. The number of hydrogen-bond acceptors (Lipinski definition) is 1. The normalized spacial score (nSPS) is 11.6. The zero-order valence-corrected chi connectivity index (χ0v) is 10.7. The van der Waals surface area contributed by atoms with E-state index >= 15 is 0 Å². The summed E-state index contributed by atoms with van der Waals surface area (Å²) in [7, 11) is 0. The van der Waals surface area contributed by atoms with Gasteiger partial charge in [-0.25, -0.2) is 13.2 Å². The standard InChI is InChI=1S/C13H5ClF6O/c14-7-2-1-3-10(11(7)17)21-12-8(15)4-6(5-9(12)16)13(18,19)20/h1-5H. The van der Waals surface area contributed by atoms with Crippen LogP contribution in [0.2, 0.25) is 5.02 Å². The molecule has 0 saturated heterocycles. The van der Waals surface area contributed by atoms with Crippen LogP contribution in [0.5, 0.6) is 11.5 Å². The average molecular weight is 327 g/mol. The number of halogens is 7. The van der Waals surface area contributed by atoms with Crippen molar-refractivity contribution >= 4 is 11.6 Å². The van der Waals surface area contributed by atoms with E-state index in [1.807, 2.05) is 0 Å². The highest BCUT2D eigenvalue weighted by atomic mass is 35.5. The number of alkyl halides is 3. The molecule has 8 heteroatoms. The molecule has 2 aromatic carbocycles. The lowest BCUT2D eigenvalue weighted by molar-refractivity contribution is -0.138. The molecule has 0 aliphatic heterocycles.